The molecule has 0 saturated carbocycles. The number of benzene rings is 1. The summed E-state index contributed by atoms with van der Waals surface area (Å²) in [5, 5.41) is 35.6. The minimum absolute atomic E-state index is 0.296. The van der Waals surface area contributed by atoms with Gasteiger partial charge in [-0.15, -0.1) is 0 Å². The monoisotopic (exact) mass is 359 g/mol. The molecule has 19 heavy (non-hydrogen) atoms. The second-order valence-electron chi connectivity index (χ2n) is 3.22. The van der Waals surface area contributed by atoms with Crippen LogP contribution in [0.4, 0.5) is 0 Å². The van der Waals surface area contributed by atoms with Gasteiger partial charge >= 0.3 is 115 Å². The van der Waals surface area contributed by atoms with E-state index < -0.39 is 46.1 Å². The molecule has 9 heteroatoms. The van der Waals surface area contributed by atoms with Crippen LogP contribution in [-0.2, 0) is 19.2 Å². The average molecular weight is 360 g/mol. The van der Waals surface area contributed by atoms with Gasteiger partial charge in [-0.1, -0.05) is 0 Å². The molecule has 0 heterocycles. The van der Waals surface area contributed by atoms with Crippen molar-refractivity contribution < 1.29 is 58.8 Å². The van der Waals surface area contributed by atoms with E-state index in [1.165, 1.54) is 0 Å². The Hall–Kier alpha value is -2.24. The fraction of sp³-hybridized carbons (Fsp3) is 0. The van der Waals surface area contributed by atoms with E-state index in [0.29, 0.717) is 0 Å². The summed E-state index contributed by atoms with van der Waals surface area (Å²) in [4.78, 5) is 43.9. The van der Waals surface area contributed by atoms with Gasteiger partial charge in [0, 0.05) is 0 Å². The van der Waals surface area contributed by atoms with Gasteiger partial charge in [-0.3, -0.25) is 0 Å². The first-order valence-electron chi connectivity index (χ1n) is 4.45. The first-order valence-corrected chi connectivity index (χ1v) is 5.22. The zero-order valence-electron chi connectivity index (χ0n) is 8.82. The van der Waals surface area contributed by atoms with E-state index in [0.717, 1.165) is 6.07 Å². The molecule has 1 rings (SSSR count). The zero-order chi connectivity index (χ0) is 14.9. The normalized spacial score (nSPS) is 10.0. The number of carboxylic acids is 4. The predicted octanol–water partition coefficient (Wildman–Crippen LogP) is -0.348. The summed E-state index contributed by atoms with van der Waals surface area (Å²) in [5.74, 6) is -7.04. The molecule has 8 nitrogen and oxygen atoms in total. The Balaban J connectivity index is 3.98. The van der Waals surface area contributed by atoms with Crippen LogP contribution in [-0.4, -0.2) is 44.3 Å². The number of hydrogen-bond donors (Lipinski definition) is 4. The molecule has 0 spiro atoms. The third-order valence-electron chi connectivity index (χ3n) is 2.13. The number of rotatable bonds is 4. The Kier molecular flexibility index (Phi) is 4.04. The molecule has 0 amide bonds. The van der Waals surface area contributed by atoms with Gasteiger partial charge in [0.15, 0.2) is 0 Å². The van der Waals surface area contributed by atoms with Crippen LogP contribution in [0.25, 0.3) is 0 Å². The maximum atomic E-state index is 11.0. The molecule has 0 aromatic heterocycles. The average Bonchev–Trinajstić information content (AvgIpc) is 2.25. The van der Waals surface area contributed by atoms with Crippen molar-refractivity contribution >= 4 is 27.9 Å². The van der Waals surface area contributed by atoms with Crippen LogP contribution in [0, 0.1) is 0 Å². The summed E-state index contributed by atoms with van der Waals surface area (Å²) >= 11 is 2.41. The Morgan fingerprint density at radius 1 is 0.737 bits per heavy atom. The van der Waals surface area contributed by atoms with Crippen LogP contribution < -0.4 is 4.04 Å². The van der Waals surface area contributed by atoms with Gasteiger partial charge in [-0.05, 0) is 0 Å². The Morgan fingerprint density at radius 3 is 1.47 bits per heavy atom. The van der Waals surface area contributed by atoms with Crippen LogP contribution in [0.1, 0.15) is 41.4 Å². The van der Waals surface area contributed by atoms with E-state index in [-0.39, 0.29) is 4.04 Å². The van der Waals surface area contributed by atoms with Gasteiger partial charge in [-0.25, -0.2) is 0 Å². The number of hydrogen-bond acceptors (Lipinski definition) is 4. The minimum atomic E-state index is -1.84. The van der Waals surface area contributed by atoms with Crippen molar-refractivity contribution in [3.63, 3.8) is 0 Å². The first-order chi connectivity index (χ1) is 8.68. The Morgan fingerprint density at radius 2 is 1.16 bits per heavy atom. The van der Waals surface area contributed by atoms with Gasteiger partial charge in [0.25, 0.3) is 0 Å². The molecular formula is C10H5O8Pd. The summed E-state index contributed by atoms with van der Waals surface area (Å²) in [7, 11) is 0. The molecule has 1 aromatic rings. The Labute approximate surface area is 115 Å². The van der Waals surface area contributed by atoms with Gasteiger partial charge in [0.1, 0.15) is 0 Å². The molecule has 0 aliphatic heterocycles. The summed E-state index contributed by atoms with van der Waals surface area (Å²) in [6, 6.07) is 0.754. The fourth-order valence-corrected chi connectivity index (χ4v) is 2.03. The van der Waals surface area contributed by atoms with Crippen LogP contribution in [0.2, 0.25) is 0 Å². The second kappa shape index (κ2) is 5.18. The Bertz CT molecular complexity index is 618. The van der Waals surface area contributed by atoms with Crippen LogP contribution in [0.15, 0.2) is 6.07 Å². The van der Waals surface area contributed by atoms with Gasteiger partial charge in [-0.2, -0.15) is 0 Å². The van der Waals surface area contributed by atoms with Crippen molar-refractivity contribution in [2.45, 2.75) is 0 Å². The van der Waals surface area contributed by atoms with E-state index in [9.17, 15) is 19.2 Å². The van der Waals surface area contributed by atoms with E-state index in [4.69, 9.17) is 20.4 Å². The van der Waals surface area contributed by atoms with Crippen LogP contribution in [0.3, 0.4) is 0 Å². The molecule has 0 aliphatic carbocycles. The molecule has 0 radical (unpaired) electrons. The first kappa shape index (κ1) is 14.8. The molecule has 0 unspecified atom stereocenters. The van der Waals surface area contributed by atoms with Crippen molar-refractivity contribution in [2.24, 2.45) is 0 Å². The summed E-state index contributed by atoms with van der Waals surface area (Å²) in [6.07, 6.45) is 0. The van der Waals surface area contributed by atoms with Crippen LogP contribution >= 0.6 is 0 Å². The van der Waals surface area contributed by atoms with Crippen LogP contribution in [0.5, 0.6) is 0 Å². The molecule has 1 aromatic carbocycles. The second-order valence-corrected chi connectivity index (χ2v) is 4.06. The summed E-state index contributed by atoms with van der Waals surface area (Å²) in [5.41, 5.74) is -3.77. The van der Waals surface area contributed by atoms with Gasteiger partial charge < -0.3 is 0 Å². The van der Waals surface area contributed by atoms with Crippen molar-refractivity contribution in [3.8, 4) is 0 Å². The number of carboxylic acid groups (broad SMARTS) is 4. The standard InChI is InChI=1S/C10H5O8.Pd/c11-7(12)3-1-2-4(8(13)14)6(10(17)18)5(3)9(15)16;/h1H,(H,11,12)(H,13,14)(H,15,16)(H,17,18);. The van der Waals surface area contributed by atoms with Crippen molar-refractivity contribution in [1.29, 1.82) is 0 Å². The summed E-state index contributed by atoms with van der Waals surface area (Å²) < 4.78 is -0.296. The van der Waals surface area contributed by atoms with E-state index >= 15 is 0 Å². The van der Waals surface area contributed by atoms with Gasteiger partial charge in [0.05, 0.1) is 0 Å². The van der Waals surface area contributed by atoms with E-state index in [1.54, 1.807) is 0 Å². The number of aromatic carboxylic acids is 4. The predicted molar refractivity (Wildman–Crippen MR) is 53.9 cm³/mol. The fourth-order valence-electron chi connectivity index (χ4n) is 1.44. The third-order valence-corrected chi connectivity index (χ3v) is 2.74. The molecule has 0 aliphatic rings. The zero-order valence-corrected chi connectivity index (χ0v) is 10.4. The van der Waals surface area contributed by atoms with Gasteiger partial charge in [0.2, 0.25) is 0 Å². The SMILES string of the molecule is O=C(O)c1c[c]([Pd])c(C(=O)O)c(C(=O)O)c1C(=O)O. The molecule has 0 fully saturated rings. The van der Waals surface area contributed by atoms with Crippen molar-refractivity contribution in [2.75, 3.05) is 0 Å². The number of carbonyl (C=O) groups is 4. The van der Waals surface area contributed by atoms with E-state index in [1.807, 2.05) is 0 Å². The molecule has 4 N–H and O–H groups in total. The quantitative estimate of drug-likeness (QED) is 0.533. The molecule has 0 bridgehead atoms. The maximum absolute atomic E-state index is 11.0. The van der Waals surface area contributed by atoms with E-state index in [2.05, 4.69) is 19.2 Å². The van der Waals surface area contributed by atoms with Crippen molar-refractivity contribution in [1.82, 2.24) is 0 Å². The van der Waals surface area contributed by atoms with Crippen molar-refractivity contribution in [3.05, 3.63) is 28.3 Å². The molecule has 103 valence electrons. The summed E-state index contributed by atoms with van der Waals surface area (Å²) in [6.45, 7) is 0. The molecular weight excluding hydrogens is 355 g/mol. The third kappa shape index (κ3) is 2.62. The molecule has 0 saturated heterocycles. The molecule has 0 atom stereocenters. The topological polar surface area (TPSA) is 149 Å².